The van der Waals surface area contributed by atoms with Gasteiger partial charge in [0.15, 0.2) is 0 Å². The Bertz CT molecular complexity index is 669. The highest BCUT2D eigenvalue weighted by Crippen LogP contribution is 2.52. The van der Waals surface area contributed by atoms with Crippen LogP contribution in [0.15, 0.2) is 35.9 Å². The zero-order valence-corrected chi connectivity index (χ0v) is 13.6. The van der Waals surface area contributed by atoms with Crippen molar-refractivity contribution in [2.24, 2.45) is 5.92 Å². The summed E-state index contributed by atoms with van der Waals surface area (Å²) in [6.45, 7) is 4.20. The van der Waals surface area contributed by atoms with Crippen molar-refractivity contribution in [3.05, 3.63) is 41.5 Å². The molecule has 1 aromatic carbocycles. The van der Waals surface area contributed by atoms with Crippen LogP contribution in [-0.4, -0.2) is 41.7 Å². The third kappa shape index (κ3) is 2.01. The molecule has 0 unspecified atom stereocenters. The molecule has 3 heterocycles. The molecule has 3 atom stereocenters. The minimum Gasteiger partial charge on any atom is -0.396 e. The van der Waals surface area contributed by atoms with Crippen LogP contribution in [-0.2, 0) is 10.2 Å². The summed E-state index contributed by atoms with van der Waals surface area (Å²) in [6.07, 6.45) is 4.85. The van der Waals surface area contributed by atoms with Crippen molar-refractivity contribution in [1.82, 2.24) is 4.90 Å². The standard InChI is InChI=1S/C19H24N2O2/c1-2-13-12-21-9-8-19(17(21)11-14(13)7-10-22)15-5-3-4-6-16(15)20-18(19)23/h2-6,14,17,22H,7-12H2,1H3,(H,20,23)/t14-,17-,19+/m0/s1. The van der Waals surface area contributed by atoms with E-state index in [4.69, 9.17) is 0 Å². The summed E-state index contributed by atoms with van der Waals surface area (Å²) in [5.74, 6) is 0.555. The van der Waals surface area contributed by atoms with Gasteiger partial charge in [-0.1, -0.05) is 29.8 Å². The van der Waals surface area contributed by atoms with Crippen molar-refractivity contribution in [3.63, 3.8) is 0 Å². The molecule has 4 nitrogen and oxygen atoms in total. The molecule has 0 aromatic heterocycles. The van der Waals surface area contributed by atoms with Crippen molar-refractivity contribution in [2.45, 2.75) is 37.6 Å². The van der Waals surface area contributed by atoms with Gasteiger partial charge in [-0.25, -0.2) is 0 Å². The number of nitrogens with one attached hydrogen (secondary N) is 1. The molecule has 2 N–H and O–H groups in total. The topological polar surface area (TPSA) is 52.6 Å². The highest BCUT2D eigenvalue weighted by atomic mass is 16.3. The van der Waals surface area contributed by atoms with Crippen LogP contribution in [0, 0.1) is 5.92 Å². The van der Waals surface area contributed by atoms with Crippen molar-refractivity contribution >= 4 is 11.6 Å². The summed E-state index contributed by atoms with van der Waals surface area (Å²) in [5.41, 5.74) is 3.17. The smallest absolute Gasteiger partial charge is 0.236 e. The molecule has 0 saturated carbocycles. The predicted octanol–water partition coefficient (Wildman–Crippen LogP) is 2.30. The van der Waals surface area contributed by atoms with E-state index < -0.39 is 5.41 Å². The van der Waals surface area contributed by atoms with E-state index in [0.29, 0.717) is 5.92 Å². The van der Waals surface area contributed by atoms with Gasteiger partial charge in [0.05, 0.1) is 5.41 Å². The van der Waals surface area contributed by atoms with E-state index in [1.807, 2.05) is 18.2 Å². The number of aliphatic hydroxyl groups is 1. The lowest BCUT2D eigenvalue weighted by molar-refractivity contribution is -0.122. The summed E-state index contributed by atoms with van der Waals surface area (Å²) in [5, 5.41) is 12.5. The van der Waals surface area contributed by atoms with Crippen LogP contribution in [0.2, 0.25) is 0 Å². The Hall–Kier alpha value is -1.65. The van der Waals surface area contributed by atoms with E-state index in [1.165, 1.54) is 11.1 Å². The first-order chi connectivity index (χ1) is 11.2. The van der Waals surface area contributed by atoms with Crippen LogP contribution >= 0.6 is 0 Å². The first-order valence-corrected chi connectivity index (χ1v) is 8.61. The maximum atomic E-state index is 12.9. The number of piperidine rings is 1. The lowest BCUT2D eigenvalue weighted by atomic mass is 9.70. The number of carbonyl (C=O) groups excluding carboxylic acids is 1. The number of fused-ring (bicyclic) bond motifs is 4. The van der Waals surface area contributed by atoms with E-state index in [9.17, 15) is 9.90 Å². The Kier molecular flexibility index (Phi) is 3.54. The molecular weight excluding hydrogens is 288 g/mol. The number of nitrogens with zero attached hydrogens (tertiary/aromatic N) is 1. The minimum absolute atomic E-state index is 0.165. The molecule has 3 aliphatic rings. The molecule has 1 amide bonds. The van der Waals surface area contributed by atoms with Crippen LogP contribution in [0.5, 0.6) is 0 Å². The predicted molar refractivity (Wildman–Crippen MR) is 90.3 cm³/mol. The number of hydrogen-bond donors (Lipinski definition) is 2. The molecule has 1 aromatic rings. The number of aliphatic hydroxyl groups excluding tert-OH is 1. The van der Waals surface area contributed by atoms with Crippen LogP contribution in [0.4, 0.5) is 5.69 Å². The molecule has 3 aliphatic heterocycles. The largest absolute Gasteiger partial charge is 0.396 e. The fourth-order valence-electron chi connectivity index (χ4n) is 4.98. The Balaban J connectivity index is 1.74. The van der Waals surface area contributed by atoms with Gasteiger partial charge in [0.1, 0.15) is 0 Å². The highest BCUT2D eigenvalue weighted by Gasteiger charge is 2.58. The Morgan fingerprint density at radius 3 is 3.04 bits per heavy atom. The monoisotopic (exact) mass is 312 g/mol. The van der Waals surface area contributed by atoms with Crippen molar-refractivity contribution < 1.29 is 9.90 Å². The van der Waals surface area contributed by atoms with E-state index in [0.717, 1.165) is 38.0 Å². The number of amides is 1. The van der Waals surface area contributed by atoms with E-state index >= 15 is 0 Å². The van der Waals surface area contributed by atoms with E-state index in [1.54, 1.807) is 0 Å². The number of benzene rings is 1. The quantitative estimate of drug-likeness (QED) is 0.824. The number of carbonyl (C=O) groups is 1. The average Bonchev–Trinajstić information content (AvgIpc) is 3.07. The van der Waals surface area contributed by atoms with Gasteiger partial charge in [0.2, 0.25) is 5.91 Å². The van der Waals surface area contributed by atoms with Gasteiger partial charge >= 0.3 is 0 Å². The van der Waals surface area contributed by atoms with Crippen molar-refractivity contribution in [3.8, 4) is 0 Å². The van der Waals surface area contributed by atoms with Gasteiger partial charge in [0, 0.05) is 31.4 Å². The third-order valence-electron chi connectivity index (χ3n) is 6.13. The van der Waals surface area contributed by atoms with Gasteiger partial charge < -0.3 is 10.4 Å². The van der Waals surface area contributed by atoms with Crippen molar-refractivity contribution in [1.29, 1.82) is 0 Å². The molecule has 0 aliphatic carbocycles. The fourth-order valence-corrected chi connectivity index (χ4v) is 4.98. The fraction of sp³-hybridized carbons (Fsp3) is 0.526. The number of anilines is 1. The molecule has 122 valence electrons. The van der Waals surface area contributed by atoms with Gasteiger partial charge in [-0.15, -0.1) is 0 Å². The molecule has 0 bridgehead atoms. The summed E-state index contributed by atoms with van der Waals surface area (Å²) in [6, 6.07) is 8.39. The summed E-state index contributed by atoms with van der Waals surface area (Å²) in [7, 11) is 0. The third-order valence-corrected chi connectivity index (χ3v) is 6.13. The van der Waals surface area contributed by atoms with Gasteiger partial charge in [-0.05, 0) is 43.7 Å². The van der Waals surface area contributed by atoms with Crippen LogP contribution < -0.4 is 5.32 Å². The molecular formula is C19H24N2O2. The maximum absolute atomic E-state index is 12.9. The second-order valence-electron chi connectivity index (χ2n) is 7.02. The number of hydrogen-bond acceptors (Lipinski definition) is 3. The molecule has 1 spiro atoms. The number of allylic oxidation sites excluding steroid dienone is 1. The SMILES string of the molecule is CC=C1CN2CC[C@]3(C(=O)Nc4ccccc43)[C@@H]2C[C@@H]1CCO. The normalized spacial score (nSPS) is 34.7. The molecule has 2 saturated heterocycles. The molecule has 4 heteroatoms. The second-order valence-corrected chi connectivity index (χ2v) is 7.02. The van der Waals surface area contributed by atoms with Crippen LogP contribution in [0.25, 0.3) is 0 Å². The Labute approximate surface area is 137 Å². The number of rotatable bonds is 2. The first kappa shape index (κ1) is 14.9. The van der Waals surface area contributed by atoms with Gasteiger partial charge in [-0.3, -0.25) is 9.69 Å². The van der Waals surface area contributed by atoms with E-state index in [-0.39, 0.29) is 18.6 Å². The summed E-state index contributed by atoms with van der Waals surface area (Å²) in [4.78, 5) is 15.4. The van der Waals surface area contributed by atoms with Crippen LogP contribution in [0.1, 0.15) is 31.7 Å². The van der Waals surface area contributed by atoms with E-state index in [2.05, 4.69) is 29.3 Å². The first-order valence-electron chi connectivity index (χ1n) is 8.61. The number of para-hydroxylation sites is 1. The zero-order valence-electron chi connectivity index (χ0n) is 13.6. The highest BCUT2D eigenvalue weighted by molar-refractivity contribution is 6.07. The van der Waals surface area contributed by atoms with Gasteiger partial charge in [-0.2, -0.15) is 0 Å². The molecule has 4 rings (SSSR count). The molecule has 2 fully saturated rings. The zero-order chi connectivity index (χ0) is 16.0. The lowest BCUT2D eigenvalue weighted by Gasteiger charge is -2.42. The lowest BCUT2D eigenvalue weighted by Crippen LogP contribution is -2.51. The van der Waals surface area contributed by atoms with Crippen LogP contribution in [0.3, 0.4) is 0 Å². The van der Waals surface area contributed by atoms with Gasteiger partial charge in [0.25, 0.3) is 0 Å². The maximum Gasteiger partial charge on any atom is 0.236 e. The summed E-state index contributed by atoms with van der Waals surface area (Å²) >= 11 is 0. The second kappa shape index (κ2) is 5.46. The molecule has 0 radical (unpaired) electrons. The molecule has 23 heavy (non-hydrogen) atoms. The Morgan fingerprint density at radius 2 is 2.26 bits per heavy atom. The minimum atomic E-state index is -0.399. The Morgan fingerprint density at radius 1 is 1.43 bits per heavy atom. The summed E-state index contributed by atoms with van der Waals surface area (Å²) < 4.78 is 0. The average molecular weight is 312 g/mol. The van der Waals surface area contributed by atoms with Crippen molar-refractivity contribution in [2.75, 3.05) is 25.0 Å².